The van der Waals surface area contributed by atoms with E-state index in [1.54, 1.807) is 0 Å². The maximum atomic E-state index is 12.3. The number of anilines is 1. The Labute approximate surface area is 188 Å². The van der Waals surface area contributed by atoms with Crippen LogP contribution in [0.2, 0.25) is 0 Å². The first-order chi connectivity index (χ1) is 15.1. The smallest absolute Gasteiger partial charge is 0.236 e. The Hall–Kier alpha value is -3.17. The number of carbonyl (C=O) groups excluding carboxylic acids is 1. The third kappa shape index (κ3) is 5.71. The molecule has 0 fully saturated rings. The second-order valence-electron chi connectivity index (χ2n) is 6.80. The molecule has 0 saturated carbocycles. The number of carbonyl (C=O) groups is 1. The van der Waals surface area contributed by atoms with Crippen LogP contribution in [0.3, 0.4) is 0 Å². The van der Waals surface area contributed by atoms with Gasteiger partial charge in [0.25, 0.3) is 0 Å². The maximum Gasteiger partial charge on any atom is 0.236 e. The van der Waals surface area contributed by atoms with Crippen molar-refractivity contribution in [2.45, 2.75) is 25.6 Å². The van der Waals surface area contributed by atoms with E-state index in [1.165, 1.54) is 23.1 Å². The molecule has 7 nitrogen and oxygen atoms in total. The fourth-order valence-electron chi connectivity index (χ4n) is 2.86. The molecule has 31 heavy (non-hydrogen) atoms. The quantitative estimate of drug-likeness (QED) is 0.372. The van der Waals surface area contributed by atoms with E-state index in [4.69, 9.17) is 4.74 Å². The van der Waals surface area contributed by atoms with Gasteiger partial charge >= 0.3 is 0 Å². The van der Waals surface area contributed by atoms with E-state index in [9.17, 15) is 4.79 Å². The second-order valence-corrected chi connectivity index (χ2v) is 8.94. The van der Waals surface area contributed by atoms with Crippen LogP contribution in [0.1, 0.15) is 16.3 Å². The Kier molecular flexibility index (Phi) is 6.63. The van der Waals surface area contributed by atoms with E-state index in [2.05, 4.69) is 25.5 Å². The molecular weight excluding hydrogens is 430 g/mol. The van der Waals surface area contributed by atoms with Crippen LogP contribution in [0.4, 0.5) is 5.13 Å². The van der Waals surface area contributed by atoms with Crippen LogP contribution in [-0.4, -0.2) is 31.8 Å². The van der Waals surface area contributed by atoms with Crippen LogP contribution < -0.4 is 10.1 Å². The molecule has 2 aromatic heterocycles. The first-order valence-electron chi connectivity index (χ1n) is 9.63. The number of H-pyrrole nitrogens is 1. The summed E-state index contributed by atoms with van der Waals surface area (Å²) in [6.45, 7) is 4.29. The number of nitrogens with one attached hydrogen (secondary N) is 2. The number of benzene rings is 2. The first kappa shape index (κ1) is 21.1. The van der Waals surface area contributed by atoms with Crippen molar-refractivity contribution < 1.29 is 9.53 Å². The lowest BCUT2D eigenvalue weighted by Gasteiger charge is -2.04. The average Bonchev–Trinajstić information content (AvgIpc) is 3.37. The summed E-state index contributed by atoms with van der Waals surface area (Å²) in [5.41, 5.74) is 3.05. The molecule has 4 aromatic rings. The van der Waals surface area contributed by atoms with Crippen molar-refractivity contribution in [1.82, 2.24) is 20.2 Å². The van der Waals surface area contributed by atoms with Gasteiger partial charge in [-0.05, 0) is 31.5 Å². The van der Waals surface area contributed by atoms with Gasteiger partial charge in [0.2, 0.25) is 11.1 Å². The molecule has 0 aliphatic heterocycles. The molecule has 0 unspecified atom stereocenters. The molecule has 0 bridgehead atoms. The zero-order valence-electron chi connectivity index (χ0n) is 17.1. The van der Waals surface area contributed by atoms with Gasteiger partial charge in [0.05, 0.1) is 11.4 Å². The van der Waals surface area contributed by atoms with Crippen LogP contribution in [-0.2, 0) is 11.4 Å². The first-order valence-corrected chi connectivity index (χ1v) is 11.4. The number of nitrogens with zero attached hydrogens (tertiary/aromatic N) is 3. The highest BCUT2D eigenvalue weighted by Crippen LogP contribution is 2.30. The summed E-state index contributed by atoms with van der Waals surface area (Å²) in [5.74, 6) is 1.42. The highest BCUT2D eigenvalue weighted by atomic mass is 32.2. The van der Waals surface area contributed by atoms with E-state index in [1.807, 2.05) is 68.4 Å². The van der Waals surface area contributed by atoms with Crippen molar-refractivity contribution in [1.29, 1.82) is 0 Å². The van der Waals surface area contributed by atoms with Gasteiger partial charge in [-0.1, -0.05) is 54.2 Å². The van der Waals surface area contributed by atoms with Gasteiger partial charge < -0.3 is 10.1 Å². The van der Waals surface area contributed by atoms with Gasteiger partial charge in [0.1, 0.15) is 12.4 Å². The van der Waals surface area contributed by atoms with E-state index < -0.39 is 0 Å². The Morgan fingerprint density at radius 2 is 1.97 bits per heavy atom. The molecule has 0 atom stereocenters. The molecular formula is C22H21N5O2S2. The second kappa shape index (κ2) is 9.76. The molecule has 2 aromatic carbocycles. The molecule has 9 heteroatoms. The van der Waals surface area contributed by atoms with Gasteiger partial charge in [0, 0.05) is 10.4 Å². The Morgan fingerprint density at radius 1 is 1.13 bits per heavy atom. The largest absolute Gasteiger partial charge is 0.486 e. The molecule has 0 aliphatic carbocycles. The highest BCUT2D eigenvalue weighted by molar-refractivity contribution is 7.99. The third-order valence-corrected chi connectivity index (χ3v) is 6.03. The molecule has 4 rings (SSSR count). The van der Waals surface area contributed by atoms with Crippen molar-refractivity contribution in [3.05, 3.63) is 70.9 Å². The minimum absolute atomic E-state index is 0.152. The number of rotatable bonds is 8. The van der Waals surface area contributed by atoms with Crippen molar-refractivity contribution >= 4 is 34.1 Å². The summed E-state index contributed by atoms with van der Waals surface area (Å²) in [6.07, 6.45) is 0. The number of thiazole rings is 1. The highest BCUT2D eigenvalue weighted by Gasteiger charge is 2.13. The minimum Gasteiger partial charge on any atom is -0.486 e. The average molecular weight is 452 g/mol. The van der Waals surface area contributed by atoms with E-state index in [0.717, 1.165) is 27.4 Å². The number of hydrogen-bond donors (Lipinski definition) is 2. The SMILES string of the molecule is Cc1cccc(OCc2nc(SCC(=O)Nc3nc(-c4ccccc4)c(C)s3)n[nH]2)c1. The van der Waals surface area contributed by atoms with Crippen LogP contribution in [0.15, 0.2) is 59.8 Å². The number of aryl methyl sites for hydroxylation is 2. The summed E-state index contributed by atoms with van der Waals surface area (Å²) in [4.78, 5) is 22.3. The van der Waals surface area contributed by atoms with Crippen LogP contribution in [0.5, 0.6) is 5.75 Å². The zero-order valence-corrected chi connectivity index (χ0v) is 18.7. The van der Waals surface area contributed by atoms with Crippen LogP contribution in [0, 0.1) is 13.8 Å². The number of aromatic amines is 1. The van der Waals surface area contributed by atoms with E-state index in [0.29, 0.717) is 16.1 Å². The summed E-state index contributed by atoms with van der Waals surface area (Å²) in [5, 5.41) is 10.9. The Balaban J connectivity index is 1.28. The number of thioether (sulfide) groups is 1. The summed E-state index contributed by atoms with van der Waals surface area (Å²) < 4.78 is 5.71. The van der Waals surface area contributed by atoms with Crippen molar-refractivity contribution in [2.24, 2.45) is 0 Å². The Bertz CT molecular complexity index is 1170. The van der Waals surface area contributed by atoms with Gasteiger partial charge in [0.15, 0.2) is 11.0 Å². The number of amides is 1. The maximum absolute atomic E-state index is 12.3. The molecule has 0 radical (unpaired) electrons. The molecule has 0 aliphatic rings. The standard InChI is InChI=1S/C22H21N5O2S2/c1-14-7-6-10-17(11-14)29-12-18-23-22(27-26-18)30-13-19(28)24-21-25-20(15(2)31-21)16-8-4-3-5-9-16/h3-11H,12-13H2,1-2H3,(H,23,26,27)(H,24,25,28). The lowest BCUT2D eigenvalue weighted by atomic mass is 10.1. The number of hydrogen-bond acceptors (Lipinski definition) is 7. The zero-order chi connectivity index (χ0) is 21.6. The molecule has 2 N–H and O–H groups in total. The van der Waals surface area contributed by atoms with Crippen LogP contribution in [0.25, 0.3) is 11.3 Å². The number of aromatic nitrogens is 4. The van der Waals surface area contributed by atoms with Crippen molar-refractivity contribution in [2.75, 3.05) is 11.1 Å². The lowest BCUT2D eigenvalue weighted by molar-refractivity contribution is -0.113. The summed E-state index contributed by atoms with van der Waals surface area (Å²) in [6, 6.07) is 17.7. The van der Waals surface area contributed by atoms with Gasteiger partial charge in [-0.3, -0.25) is 9.89 Å². The Morgan fingerprint density at radius 3 is 2.77 bits per heavy atom. The third-order valence-electron chi connectivity index (χ3n) is 4.30. The molecule has 0 saturated heterocycles. The molecule has 1 amide bonds. The predicted molar refractivity (Wildman–Crippen MR) is 124 cm³/mol. The van der Waals surface area contributed by atoms with Crippen molar-refractivity contribution in [3.8, 4) is 17.0 Å². The summed E-state index contributed by atoms with van der Waals surface area (Å²) >= 11 is 2.72. The van der Waals surface area contributed by atoms with Gasteiger partial charge in [-0.2, -0.15) is 0 Å². The lowest BCUT2D eigenvalue weighted by Crippen LogP contribution is -2.13. The summed E-state index contributed by atoms with van der Waals surface area (Å²) in [7, 11) is 0. The fraction of sp³-hybridized carbons (Fsp3) is 0.182. The molecule has 158 valence electrons. The van der Waals surface area contributed by atoms with E-state index in [-0.39, 0.29) is 18.3 Å². The predicted octanol–water partition coefficient (Wildman–Crippen LogP) is 4.85. The monoisotopic (exact) mass is 451 g/mol. The fourth-order valence-corrected chi connectivity index (χ4v) is 4.33. The number of ether oxygens (including phenoxy) is 1. The van der Waals surface area contributed by atoms with Gasteiger partial charge in [-0.25, -0.2) is 9.97 Å². The minimum atomic E-state index is -0.152. The molecule has 0 spiro atoms. The van der Waals surface area contributed by atoms with E-state index >= 15 is 0 Å². The molecule has 2 heterocycles. The normalized spacial score (nSPS) is 10.8. The topological polar surface area (TPSA) is 92.8 Å². The van der Waals surface area contributed by atoms with Crippen LogP contribution >= 0.6 is 23.1 Å². The van der Waals surface area contributed by atoms with Crippen molar-refractivity contribution in [3.63, 3.8) is 0 Å². The van der Waals surface area contributed by atoms with Gasteiger partial charge in [-0.15, -0.1) is 16.4 Å².